The van der Waals surface area contributed by atoms with Crippen LogP contribution in [0.1, 0.15) is 41.0 Å². The third kappa shape index (κ3) is 4.17. The molecule has 0 saturated carbocycles. The maximum Gasteiger partial charge on any atom is 0.323 e. The lowest BCUT2D eigenvalue weighted by molar-refractivity contribution is -0.144. The number of hydrogen-bond acceptors (Lipinski definition) is 4. The van der Waals surface area contributed by atoms with Gasteiger partial charge in [-0.25, -0.2) is 0 Å². The fourth-order valence-electron chi connectivity index (χ4n) is 2.85. The number of nitrogens with one attached hydrogen (secondary N) is 1. The van der Waals surface area contributed by atoms with E-state index < -0.39 is 11.5 Å². The van der Waals surface area contributed by atoms with Crippen LogP contribution in [-0.4, -0.2) is 71.2 Å². The van der Waals surface area contributed by atoms with E-state index >= 15 is 0 Å². The van der Waals surface area contributed by atoms with Gasteiger partial charge in [0.2, 0.25) is 0 Å². The molecule has 2 N–H and O–H groups in total. The molecule has 1 rings (SSSR count). The van der Waals surface area contributed by atoms with Crippen molar-refractivity contribution in [2.45, 2.75) is 58.2 Å². The number of carbonyl (C=O) groups is 1. The second kappa shape index (κ2) is 6.41. The second-order valence-corrected chi connectivity index (χ2v) is 7.13. The average molecular weight is 285 g/mol. The summed E-state index contributed by atoms with van der Waals surface area (Å²) in [5, 5.41) is 12.3. The molecule has 1 aliphatic heterocycles. The molecule has 5 heteroatoms. The smallest absolute Gasteiger partial charge is 0.323 e. The highest BCUT2D eigenvalue weighted by Gasteiger charge is 2.35. The lowest BCUT2D eigenvalue weighted by Gasteiger charge is -2.45. The predicted molar refractivity (Wildman–Crippen MR) is 82.1 cm³/mol. The van der Waals surface area contributed by atoms with Crippen LogP contribution in [0.3, 0.4) is 0 Å². The number of hydrogen-bond donors (Lipinski definition) is 2. The number of piperazine rings is 1. The predicted octanol–water partition coefficient (Wildman–Crippen LogP) is 1.24. The van der Waals surface area contributed by atoms with Gasteiger partial charge in [-0.05, 0) is 48.1 Å². The molecule has 0 amide bonds. The van der Waals surface area contributed by atoms with Crippen molar-refractivity contribution in [2.24, 2.45) is 0 Å². The zero-order chi connectivity index (χ0) is 15.6. The van der Waals surface area contributed by atoms with Gasteiger partial charge >= 0.3 is 5.97 Å². The number of rotatable bonds is 5. The van der Waals surface area contributed by atoms with Gasteiger partial charge in [0, 0.05) is 37.8 Å². The molecule has 1 fully saturated rings. The first-order valence-corrected chi connectivity index (χ1v) is 7.51. The molecular weight excluding hydrogens is 254 g/mol. The lowest BCUT2D eigenvalue weighted by Crippen LogP contribution is -2.57. The first-order valence-electron chi connectivity index (χ1n) is 7.51. The van der Waals surface area contributed by atoms with Crippen LogP contribution < -0.4 is 5.32 Å². The van der Waals surface area contributed by atoms with Gasteiger partial charge in [0.25, 0.3) is 0 Å². The maximum atomic E-state index is 11.4. The van der Waals surface area contributed by atoms with Crippen LogP contribution in [-0.2, 0) is 4.79 Å². The molecule has 0 aromatic carbocycles. The molecule has 0 radical (unpaired) electrons. The van der Waals surface area contributed by atoms with Crippen molar-refractivity contribution in [3.05, 3.63) is 0 Å². The van der Waals surface area contributed by atoms with Crippen LogP contribution in [0.2, 0.25) is 0 Å². The molecule has 0 aromatic heterocycles. The van der Waals surface area contributed by atoms with Crippen LogP contribution >= 0.6 is 0 Å². The van der Waals surface area contributed by atoms with E-state index in [4.69, 9.17) is 0 Å². The van der Waals surface area contributed by atoms with Crippen molar-refractivity contribution in [3.8, 4) is 0 Å². The molecule has 118 valence electrons. The Morgan fingerprint density at radius 2 is 1.70 bits per heavy atom. The Balaban J connectivity index is 2.55. The van der Waals surface area contributed by atoms with Crippen LogP contribution in [0.25, 0.3) is 0 Å². The number of likely N-dealkylation sites (N-methyl/N-ethyl adjacent to an activating group) is 1. The van der Waals surface area contributed by atoms with E-state index in [1.807, 2.05) is 0 Å². The molecular formula is C15H31N3O2. The minimum atomic E-state index is -0.847. The minimum Gasteiger partial charge on any atom is -0.480 e. The Morgan fingerprint density at radius 1 is 1.20 bits per heavy atom. The summed E-state index contributed by atoms with van der Waals surface area (Å²) >= 11 is 0. The van der Waals surface area contributed by atoms with E-state index in [1.54, 1.807) is 14.0 Å². The van der Waals surface area contributed by atoms with Crippen molar-refractivity contribution < 1.29 is 9.90 Å². The van der Waals surface area contributed by atoms with Crippen molar-refractivity contribution in [1.82, 2.24) is 15.1 Å². The van der Waals surface area contributed by atoms with Crippen molar-refractivity contribution in [3.63, 3.8) is 0 Å². The monoisotopic (exact) mass is 285 g/mol. The zero-order valence-corrected chi connectivity index (χ0v) is 13.9. The van der Waals surface area contributed by atoms with Crippen LogP contribution in [0.5, 0.6) is 0 Å². The summed E-state index contributed by atoms with van der Waals surface area (Å²) in [6.45, 7) is 14.8. The highest BCUT2D eigenvalue weighted by Crippen LogP contribution is 2.21. The summed E-state index contributed by atoms with van der Waals surface area (Å²) in [5.74, 6) is -0.778. The van der Waals surface area contributed by atoms with E-state index in [-0.39, 0.29) is 11.6 Å². The molecule has 1 saturated heterocycles. The third-order valence-corrected chi connectivity index (χ3v) is 4.61. The summed E-state index contributed by atoms with van der Waals surface area (Å²) in [7, 11) is 1.72. The summed E-state index contributed by atoms with van der Waals surface area (Å²) < 4.78 is 0. The number of aliphatic carboxylic acids is 1. The number of carboxylic acids is 1. The Labute approximate surface area is 123 Å². The average Bonchev–Trinajstić information content (AvgIpc) is 2.37. The number of carboxylic acid groups (broad SMARTS) is 1. The Hall–Kier alpha value is -0.650. The fourth-order valence-corrected chi connectivity index (χ4v) is 2.85. The van der Waals surface area contributed by atoms with Crippen LogP contribution in [0, 0.1) is 0 Å². The van der Waals surface area contributed by atoms with Gasteiger partial charge in [-0.15, -0.1) is 0 Å². The highest BCUT2D eigenvalue weighted by molar-refractivity contribution is 5.78. The molecule has 1 aliphatic rings. The van der Waals surface area contributed by atoms with Crippen molar-refractivity contribution >= 4 is 5.97 Å². The van der Waals surface area contributed by atoms with Crippen LogP contribution in [0.15, 0.2) is 0 Å². The number of nitrogens with zero attached hydrogens (tertiary/aromatic N) is 2. The molecule has 5 nitrogen and oxygen atoms in total. The standard InChI is InChI=1S/C15H31N3O2/c1-12(11-15(5,16-6)13(19)20)17-7-9-18(10-8-17)14(2,3)4/h12,16H,7-11H2,1-6H3,(H,19,20). The quantitative estimate of drug-likeness (QED) is 0.796. The highest BCUT2D eigenvalue weighted by atomic mass is 16.4. The van der Waals surface area contributed by atoms with Crippen molar-refractivity contribution in [1.29, 1.82) is 0 Å². The summed E-state index contributed by atoms with van der Waals surface area (Å²) in [5.41, 5.74) is -0.629. The molecule has 2 unspecified atom stereocenters. The summed E-state index contributed by atoms with van der Waals surface area (Å²) in [4.78, 5) is 16.3. The molecule has 0 aromatic rings. The van der Waals surface area contributed by atoms with E-state index in [2.05, 4.69) is 42.8 Å². The largest absolute Gasteiger partial charge is 0.480 e. The van der Waals surface area contributed by atoms with E-state index in [0.717, 1.165) is 26.2 Å². The Kier molecular flexibility index (Phi) is 5.58. The second-order valence-electron chi connectivity index (χ2n) is 7.13. The van der Waals surface area contributed by atoms with Crippen molar-refractivity contribution in [2.75, 3.05) is 33.2 Å². The molecule has 0 spiro atoms. The zero-order valence-electron chi connectivity index (χ0n) is 13.9. The SMILES string of the molecule is CNC(C)(CC(C)N1CCN(C(C)(C)C)CC1)C(=O)O. The molecule has 1 heterocycles. The van der Waals surface area contributed by atoms with Gasteiger partial charge in [0.05, 0.1) is 0 Å². The topological polar surface area (TPSA) is 55.8 Å². The lowest BCUT2D eigenvalue weighted by atomic mass is 9.92. The first-order chi connectivity index (χ1) is 9.10. The van der Waals surface area contributed by atoms with E-state index in [1.165, 1.54) is 0 Å². The van der Waals surface area contributed by atoms with Gasteiger partial charge < -0.3 is 10.4 Å². The van der Waals surface area contributed by atoms with Gasteiger partial charge in [-0.1, -0.05) is 0 Å². The van der Waals surface area contributed by atoms with Crippen LogP contribution in [0.4, 0.5) is 0 Å². The van der Waals surface area contributed by atoms with E-state index in [9.17, 15) is 9.90 Å². The first kappa shape index (κ1) is 17.4. The molecule has 0 aliphatic carbocycles. The normalized spacial score (nSPS) is 23.3. The minimum absolute atomic E-state index is 0.218. The fraction of sp³-hybridized carbons (Fsp3) is 0.933. The maximum absolute atomic E-state index is 11.4. The molecule has 2 atom stereocenters. The third-order valence-electron chi connectivity index (χ3n) is 4.61. The molecule has 20 heavy (non-hydrogen) atoms. The summed E-state index contributed by atoms with van der Waals surface area (Å²) in [6.07, 6.45) is 0.619. The Morgan fingerprint density at radius 3 is 2.05 bits per heavy atom. The van der Waals surface area contributed by atoms with Gasteiger partial charge in [-0.3, -0.25) is 14.6 Å². The van der Waals surface area contributed by atoms with Gasteiger partial charge in [-0.2, -0.15) is 0 Å². The molecule has 0 bridgehead atoms. The van der Waals surface area contributed by atoms with E-state index in [0.29, 0.717) is 6.42 Å². The van der Waals surface area contributed by atoms with Gasteiger partial charge in [0.15, 0.2) is 0 Å². The van der Waals surface area contributed by atoms with Gasteiger partial charge in [0.1, 0.15) is 5.54 Å². The Bertz CT molecular complexity index is 333. The summed E-state index contributed by atoms with van der Waals surface area (Å²) in [6, 6.07) is 0.269.